The first kappa shape index (κ1) is 19.5. The van der Waals surface area contributed by atoms with Crippen LogP contribution in [0.25, 0.3) is 0 Å². The number of carbonyl (C=O) groups is 3. The molecule has 0 spiro atoms. The van der Waals surface area contributed by atoms with Crippen LogP contribution < -0.4 is 5.43 Å². The molecule has 4 aliphatic rings. The number of hydrogen-bond acceptors (Lipinski definition) is 3. The van der Waals surface area contributed by atoms with E-state index in [1.807, 2.05) is 48.5 Å². The Balaban J connectivity index is 1.40. The second kappa shape index (κ2) is 6.92. The zero-order valence-electron chi connectivity index (χ0n) is 16.6. The number of amides is 3. The van der Waals surface area contributed by atoms with Crippen LogP contribution in [0.1, 0.15) is 44.4 Å². The van der Waals surface area contributed by atoms with Gasteiger partial charge < -0.3 is 0 Å². The molecule has 7 heteroatoms. The molecule has 0 radical (unpaired) electrons. The van der Waals surface area contributed by atoms with E-state index < -0.39 is 17.7 Å². The molecule has 3 aromatic rings. The zero-order valence-corrected chi connectivity index (χ0v) is 18.1. The van der Waals surface area contributed by atoms with Gasteiger partial charge in [0.25, 0.3) is 17.7 Å². The minimum Gasteiger partial charge on any atom is -0.272 e. The zero-order chi connectivity index (χ0) is 22.1. The van der Waals surface area contributed by atoms with Crippen molar-refractivity contribution in [1.82, 2.24) is 10.4 Å². The number of halogens is 2. The van der Waals surface area contributed by atoms with E-state index in [0.29, 0.717) is 5.02 Å². The van der Waals surface area contributed by atoms with Gasteiger partial charge in [-0.2, -0.15) is 5.01 Å². The lowest BCUT2D eigenvalue weighted by atomic mass is 9.55. The Morgan fingerprint density at radius 3 is 1.62 bits per heavy atom. The maximum absolute atomic E-state index is 13.5. The SMILES string of the molecule is O=C(NN1C(=O)[C@@H]2C3c4ccccc4C(c4ccccc43)[C@H]2C1=O)c1ccc(Cl)c(Cl)c1. The maximum Gasteiger partial charge on any atom is 0.270 e. The van der Waals surface area contributed by atoms with Crippen LogP contribution >= 0.6 is 23.2 Å². The Kier molecular flexibility index (Phi) is 4.23. The van der Waals surface area contributed by atoms with Crippen molar-refractivity contribution in [2.45, 2.75) is 11.8 Å². The number of carbonyl (C=O) groups excluding carboxylic acids is 3. The monoisotopic (exact) mass is 462 g/mol. The summed E-state index contributed by atoms with van der Waals surface area (Å²) in [6, 6.07) is 20.4. The van der Waals surface area contributed by atoms with Crippen LogP contribution in [-0.4, -0.2) is 22.7 Å². The lowest BCUT2D eigenvalue weighted by Gasteiger charge is -2.45. The molecule has 1 saturated heterocycles. The summed E-state index contributed by atoms with van der Waals surface area (Å²) in [5.74, 6) is -2.90. The molecule has 1 fully saturated rings. The number of hydrogen-bond donors (Lipinski definition) is 1. The van der Waals surface area contributed by atoms with Crippen molar-refractivity contribution in [1.29, 1.82) is 0 Å². The first-order chi connectivity index (χ1) is 15.5. The van der Waals surface area contributed by atoms with Crippen molar-refractivity contribution in [3.05, 3.63) is 105 Å². The highest BCUT2D eigenvalue weighted by Crippen LogP contribution is 2.60. The number of nitrogens with zero attached hydrogens (tertiary/aromatic N) is 1. The third-order valence-electron chi connectivity index (χ3n) is 6.84. The molecule has 0 unspecified atom stereocenters. The number of imide groups is 1. The van der Waals surface area contributed by atoms with E-state index in [-0.39, 0.29) is 34.2 Å². The average Bonchev–Trinajstić information content (AvgIpc) is 3.06. The van der Waals surface area contributed by atoms with Gasteiger partial charge >= 0.3 is 0 Å². The minimum atomic E-state index is -0.591. The molecule has 1 heterocycles. The quantitative estimate of drug-likeness (QED) is 0.568. The summed E-state index contributed by atoms with van der Waals surface area (Å²) in [6.07, 6.45) is 0. The second-order valence-corrected chi connectivity index (χ2v) is 9.16. The Morgan fingerprint density at radius 1 is 0.719 bits per heavy atom. The van der Waals surface area contributed by atoms with Crippen LogP contribution in [-0.2, 0) is 9.59 Å². The van der Waals surface area contributed by atoms with E-state index >= 15 is 0 Å². The number of rotatable bonds is 2. The largest absolute Gasteiger partial charge is 0.272 e. The number of hydrazine groups is 1. The maximum atomic E-state index is 13.5. The lowest BCUT2D eigenvalue weighted by molar-refractivity contribution is -0.142. The summed E-state index contributed by atoms with van der Waals surface area (Å²) >= 11 is 12.0. The standard InChI is InChI=1S/C25H16Cl2N2O3/c26-17-10-9-12(11-18(17)27)23(30)28-29-24(31)21-19-13-5-1-2-6-14(13)20(22(21)25(29)32)16-8-4-3-7-15(16)19/h1-11,19-22H,(H,28,30)/t19?,20?,21-,22-/m1/s1. The minimum absolute atomic E-state index is 0.212. The molecule has 5 nitrogen and oxygen atoms in total. The van der Waals surface area contributed by atoms with E-state index in [9.17, 15) is 14.4 Å². The molecule has 1 N–H and O–H groups in total. The van der Waals surface area contributed by atoms with Gasteiger partial charge in [0.15, 0.2) is 0 Å². The molecule has 3 aromatic carbocycles. The van der Waals surface area contributed by atoms with Crippen molar-refractivity contribution in [2.75, 3.05) is 0 Å². The van der Waals surface area contributed by atoms with Gasteiger partial charge in [-0.1, -0.05) is 71.7 Å². The Hall–Kier alpha value is -3.15. The van der Waals surface area contributed by atoms with Crippen LogP contribution in [0.15, 0.2) is 66.7 Å². The van der Waals surface area contributed by atoms with Gasteiger partial charge in [-0.25, -0.2) is 0 Å². The molecule has 0 aromatic heterocycles. The molecule has 3 aliphatic carbocycles. The van der Waals surface area contributed by atoms with Gasteiger partial charge in [0.2, 0.25) is 0 Å². The van der Waals surface area contributed by atoms with Crippen molar-refractivity contribution in [3.63, 3.8) is 0 Å². The predicted octanol–water partition coefficient (Wildman–Crippen LogP) is 4.53. The molecule has 3 amide bonds. The summed E-state index contributed by atoms with van der Waals surface area (Å²) in [6.45, 7) is 0. The molecule has 2 atom stereocenters. The second-order valence-electron chi connectivity index (χ2n) is 8.35. The van der Waals surface area contributed by atoms with E-state index in [2.05, 4.69) is 5.43 Å². The van der Waals surface area contributed by atoms with Crippen molar-refractivity contribution >= 4 is 40.9 Å². The molecule has 158 valence electrons. The lowest BCUT2D eigenvalue weighted by Crippen LogP contribution is -2.46. The third-order valence-corrected chi connectivity index (χ3v) is 7.58. The number of benzene rings is 3. The first-order valence-electron chi connectivity index (χ1n) is 10.3. The highest BCUT2D eigenvalue weighted by molar-refractivity contribution is 6.42. The van der Waals surface area contributed by atoms with Gasteiger partial charge in [-0.3, -0.25) is 19.8 Å². The van der Waals surface area contributed by atoms with E-state index in [4.69, 9.17) is 23.2 Å². The van der Waals surface area contributed by atoms with E-state index in [0.717, 1.165) is 27.3 Å². The van der Waals surface area contributed by atoms with E-state index in [1.165, 1.54) is 18.2 Å². The fraction of sp³-hybridized carbons (Fsp3) is 0.160. The van der Waals surface area contributed by atoms with Crippen LogP contribution in [0.5, 0.6) is 0 Å². The predicted molar refractivity (Wildman–Crippen MR) is 119 cm³/mol. The molecule has 0 saturated carbocycles. The summed E-state index contributed by atoms with van der Waals surface area (Å²) in [7, 11) is 0. The fourth-order valence-electron chi connectivity index (χ4n) is 5.59. The van der Waals surface area contributed by atoms with Crippen molar-refractivity contribution in [2.24, 2.45) is 11.8 Å². The van der Waals surface area contributed by atoms with Gasteiger partial charge in [0.05, 0.1) is 21.9 Å². The molecule has 32 heavy (non-hydrogen) atoms. The summed E-state index contributed by atoms with van der Waals surface area (Å²) in [4.78, 5) is 39.8. The molecule has 1 aliphatic heterocycles. The van der Waals surface area contributed by atoms with E-state index in [1.54, 1.807) is 0 Å². The normalized spacial score (nSPS) is 24.8. The van der Waals surface area contributed by atoms with Gasteiger partial charge in [-0.15, -0.1) is 0 Å². The topological polar surface area (TPSA) is 66.5 Å². The van der Waals surface area contributed by atoms with Crippen LogP contribution in [0.3, 0.4) is 0 Å². The van der Waals surface area contributed by atoms with Gasteiger partial charge in [0, 0.05) is 17.4 Å². The highest BCUT2D eigenvalue weighted by Gasteiger charge is 2.62. The van der Waals surface area contributed by atoms with Gasteiger partial charge in [-0.05, 0) is 40.5 Å². The van der Waals surface area contributed by atoms with Crippen LogP contribution in [0.4, 0.5) is 0 Å². The Morgan fingerprint density at radius 2 is 1.19 bits per heavy atom. The third kappa shape index (κ3) is 2.55. The average molecular weight is 463 g/mol. The molecule has 7 rings (SSSR count). The van der Waals surface area contributed by atoms with Crippen molar-refractivity contribution in [3.8, 4) is 0 Å². The first-order valence-corrected chi connectivity index (χ1v) is 11.0. The highest BCUT2D eigenvalue weighted by atomic mass is 35.5. The Bertz CT molecular complexity index is 1220. The smallest absolute Gasteiger partial charge is 0.270 e. The number of nitrogens with one attached hydrogen (secondary N) is 1. The van der Waals surface area contributed by atoms with Crippen LogP contribution in [0, 0.1) is 11.8 Å². The summed E-state index contributed by atoms with van der Waals surface area (Å²) in [5.41, 5.74) is 7.05. The molecular formula is C25H16Cl2N2O3. The molecular weight excluding hydrogens is 447 g/mol. The molecule has 2 bridgehead atoms. The van der Waals surface area contributed by atoms with Crippen LogP contribution in [0.2, 0.25) is 10.0 Å². The summed E-state index contributed by atoms with van der Waals surface area (Å²) < 4.78 is 0. The Labute approximate surface area is 193 Å². The van der Waals surface area contributed by atoms with Gasteiger partial charge in [0.1, 0.15) is 0 Å². The van der Waals surface area contributed by atoms with Crippen molar-refractivity contribution < 1.29 is 14.4 Å². The summed E-state index contributed by atoms with van der Waals surface area (Å²) in [5, 5.41) is 1.43. The fourth-order valence-corrected chi connectivity index (χ4v) is 5.89.